The minimum Gasteiger partial charge on any atom is -0.398 e. The van der Waals surface area contributed by atoms with Gasteiger partial charge in [-0.1, -0.05) is 12.1 Å². The number of benzene rings is 1. The summed E-state index contributed by atoms with van der Waals surface area (Å²) < 4.78 is 0. The first-order chi connectivity index (χ1) is 5.58. The second-order valence-electron chi connectivity index (χ2n) is 3.84. The van der Waals surface area contributed by atoms with Gasteiger partial charge < -0.3 is 10.8 Å². The Morgan fingerprint density at radius 3 is 2.83 bits per heavy atom. The zero-order valence-electron chi connectivity index (χ0n) is 7.17. The third-order valence-electron chi connectivity index (χ3n) is 2.44. The van der Waals surface area contributed by atoms with Crippen LogP contribution in [-0.2, 0) is 12.8 Å². The van der Waals surface area contributed by atoms with Gasteiger partial charge in [0, 0.05) is 18.5 Å². The number of nitrogen functional groups attached to an aromatic ring is 1. The Morgan fingerprint density at radius 2 is 2.17 bits per heavy atom. The topological polar surface area (TPSA) is 46.2 Å². The van der Waals surface area contributed by atoms with Crippen LogP contribution in [0, 0.1) is 0 Å². The van der Waals surface area contributed by atoms with Crippen LogP contribution in [0.2, 0.25) is 0 Å². The van der Waals surface area contributed by atoms with E-state index in [9.17, 15) is 5.11 Å². The van der Waals surface area contributed by atoms with Crippen LogP contribution in [0.1, 0.15) is 18.1 Å². The van der Waals surface area contributed by atoms with Gasteiger partial charge in [0.25, 0.3) is 0 Å². The maximum Gasteiger partial charge on any atom is 0.0701 e. The summed E-state index contributed by atoms with van der Waals surface area (Å²) in [5.74, 6) is 0. The van der Waals surface area contributed by atoms with Gasteiger partial charge in [0.05, 0.1) is 5.60 Å². The van der Waals surface area contributed by atoms with E-state index in [1.807, 2.05) is 25.1 Å². The molecular weight excluding hydrogens is 150 g/mol. The summed E-state index contributed by atoms with van der Waals surface area (Å²) >= 11 is 0. The molecule has 0 fully saturated rings. The Bertz CT molecular complexity index is 318. The van der Waals surface area contributed by atoms with Crippen molar-refractivity contribution in [3.05, 3.63) is 29.3 Å². The van der Waals surface area contributed by atoms with Gasteiger partial charge in [0.2, 0.25) is 0 Å². The molecule has 1 aromatic carbocycles. The molecule has 0 bridgehead atoms. The largest absolute Gasteiger partial charge is 0.398 e. The highest BCUT2D eigenvalue weighted by atomic mass is 16.3. The average molecular weight is 163 g/mol. The van der Waals surface area contributed by atoms with Crippen LogP contribution in [0.5, 0.6) is 0 Å². The number of aliphatic hydroxyl groups is 1. The van der Waals surface area contributed by atoms with Crippen molar-refractivity contribution in [2.75, 3.05) is 5.73 Å². The zero-order valence-corrected chi connectivity index (χ0v) is 7.17. The summed E-state index contributed by atoms with van der Waals surface area (Å²) in [6.45, 7) is 1.85. The normalized spacial score (nSPS) is 27.2. The minimum atomic E-state index is -0.586. The van der Waals surface area contributed by atoms with Crippen LogP contribution >= 0.6 is 0 Å². The lowest BCUT2D eigenvalue weighted by Crippen LogP contribution is -2.23. The first-order valence-electron chi connectivity index (χ1n) is 4.17. The molecule has 0 radical (unpaired) electrons. The summed E-state index contributed by atoms with van der Waals surface area (Å²) in [5, 5.41) is 9.78. The van der Waals surface area contributed by atoms with E-state index in [0.717, 1.165) is 17.7 Å². The SMILES string of the molecule is CC1(O)Cc2cccc(N)c2C1. The Kier molecular flexibility index (Phi) is 1.42. The molecule has 0 amide bonds. The predicted octanol–water partition coefficient (Wildman–Crippen LogP) is 1.12. The Hall–Kier alpha value is -1.02. The van der Waals surface area contributed by atoms with Crippen molar-refractivity contribution >= 4 is 5.69 Å². The first-order valence-corrected chi connectivity index (χ1v) is 4.17. The Morgan fingerprint density at radius 1 is 1.42 bits per heavy atom. The molecule has 1 aliphatic rings. The molecule has 0 aromatic heterocycles. The second kappa shape index (κ2) is 2.23. The van der Waals surface area contributed by atoms with E-state index in [0.29, 0.717) is 6.42 Å². The molecule has 0 saturated carbocycles. The highest BCUT2D eigenvalue weighted by Crippen LogP contribution is 2.32. The van der Waals surface area contributed by atoms with E-state index in [4.69, 9.17) is 5.73 Å². The van der Waals surface area contributed by atoms with Crippen LogP contribution < -0.4 is 5.73 Å². The van der Waals surface area contributed by atoms with Crippen molar-refractivity contribution in [2.24, 2.45) is 0 Å². The van der Waals surface area contributed by atoms with Crippen LogP contribution in [-0.4, -0.2) is 10.7 Å². The fraction of sp³-hybridized carbons (Fsp3) is 0.400. The number of rotatable bonds is 0. The standard InChI is InChI=1S/C10H13NO/c1-10(12)5-7-3-2-4-9(11)8(7)6-10/h2-4,12H,5-6,11H2,1H3. The Labute approximate surface area is 72.0 Å². The van der Waals surface area contributed by atoms with Crippen LogP contribution in [0.4, 0.5) is 5.69 Å². The fourth-order valence-corrected chi connectivity index (χ4v) is 1.89. The van der Waals surface area contributed by atoms with Crippen molar-refractivity contribution < 1.29 is 5.11 Å². The number of anilines is 1. The van der Waals surface area contributed by atoms with Crippen molar-refractivity contribution in [3.8, 4) is 0 Å². The molecule has 12 heavy (non-hydrogen) atoms. The lowest BCUT2D eigenvalue weighted by atomic mass is 10.0. The molecule has 0 heterocycles. The van der Waals surface area contributed by atoms with Crippen LogP contribution in [0.3, 0.4) is 0 Å². The number of hydrogen-bond acceptors (Lipinski definition) is 2. The van der Waals surface area contributed by atoms with E-state index in [1.54, 1.807) is 0 Å². The number of hydrogen-bond donors (Lipinski definition) is 2. The van der Waals surface area contributed by atoms with Crippen LogP contribution in [0.25, 0.3) is 0 Å². The van der Waals surface area contributed by atoms with Gasteiger partial charge in [-0.2, -0.15) is 0 Å². The van der Waals surface area contributed by atoms with E-state index >= 15 is 0 Å². The third-order valence-corrected chi connectivity index (χ3v) is 2.44. The van der Waals surface area contributed by atoms with E-state index < -0.39 is 5.60 Å². The maximum absolute atomic E-state index is 9.78. The molecule has 1 aliphatic carbocycles. The lowest BCUT2D eigenvalue weighted by Gasteiger charge is -2.13. The average Bonchev–Trinajstić information content (AvgIpc) is 2.25. The number of nitrogens with two attached hydrogens (primary N) is 1. The molecule has 2 rings (SSSR count). The quantitative estimate of drug-likeness (QED) is 0.563. The summed E-state index contributed by atoms with van der Waals surface area (Å²) in [6.07, 6.45) is 1.42. The molecule has 0 saturated heterocycles. The summed E-state index contributed by atoms with van der Waals surface area (Å²) in [5.41, 5.74) is 8.33. The summed E-state index contributed by atoms with van der Waals surface area (Å²) in [4.78, 5) is 0. The highest BCUT2D eigenvalue weighted by molar-refractivity contribution is 5.54. The monoisotopic (exact) mass is 163 g/mol. The number of fused-ring (bicyclic) bond motifs is 1. The van der Waals surface area contributed by atoms with E-state index in [1.165, 1.54) is 5.56 Å². The van der Waals surface area contributed by atoms with Crippen molar-refractivity contribution in [1.82, 2.24) is 0 Å². The Balaban J connectivity index is 2.48. The fourth-order valence-electron chi connectivity index (χ4n) is 1.89. The van der Waals surface area contributed by atoms with Gasteiger partial charge >= 0.3 is 0 Å². The second-order valence-corrected chi connectivity index (χ2v) is 3.84. The molecule has 2 heteroatoms. The highest BCUT2D eigenvalue weighted by Gasteiger charge is 2.31. The minimum absolute atomic E-state index is 0.586. The molecule has 1 atom stereocenters. The van der Waals surface area contributed by atoms with Gasteiger partial charge in [-0.05, 0) is 24.1 Å². The molecule has 2 nitrogen and oxygen atoms in total. The van der Waals surface area contributed by atoms with Gasteiger partial charge in [0.15, 0.2) is 0 Å². The molecule has 0 spiro atoms. The smallest absolute Gasteiger partial charge is 0.0701 e. The van der Waals surface area contributed by atoms with Crippen LogP contribution in [0.15, 0.2) is 18.2 Å². The summed E-state index contributed by atoms with van der Waals surface area (Å²) in [7, 11) is 0. The van der Waals surface area contributed by atoms with Crippen molar-refractivity contribution in [3.63, 3.8) is 0 Å². The van der Waals surface area contributed by atoms with E-state index in [-0.39, 0.29) is 0 Å². The molecule has 3 N–H and O–H groups in total. The lowest BCUT2D eigenvalue weighted by molar-refractivity contribution is 0.0719. The first kappa shape index (κ1) is 7.62. The maximum atomic E-state index is 9.78. The van der Waals surface area contributed by atoms with Gasteiger partial charge in [-0.3, -0.25) is 0 Å². The molecular formula is C10H13NO. The predicted molar refractivity (Wildman–Crippen MR) is 48.9 cm³/mol. The molecule has 64 valence electrons. The van der Waals surface area contributed by atoms with Gasteiger partial charge in [-0.15, -0.1) is 0 Å². The molecule has 1 unspecified atom stereocenters. The molecule has 0 aliphatic heterocycles. The summed E-state index contributed by atoms with van der Waals surface area (Å²) in [6, 6.07) is 5.86. The third kappa shape index (κ3) is 1.08. The van der Waals surface area contributed by atoms with Crippen molar-refractivity contribution in [1.29, 1.82) is 0 Å². The molecule has 1 aromatic rings. The van der Waals surface area contributed by atoms with E-state index in [2.05, 4.69) is 0 Å². The van der Waals surface area contributed by atoms with Crippen molar-refractivity contribution in [2.45, 2.75) is 25.4 Å². The van der Waals surface area contributed by atoms with Gasteiger partial charge in [-0.25, -0.2) is 0 Å². The zero-order chi connectivity index (χ0) is 8.77. The van der Waals surface area contributed by atoms with Gasteiger partial charge in [0.1, 0.15) is 0 Å².